The van der Waals surface area contributed by atoms with Gasteiger partial charge >= 0.3 is 11.9 Å². The van der Waals surface area contributed by atoms with E-state index in [0.29, 0.717) is 19.3 Å². The summed E-state index contributed by atoms with van der Waals surface area (Å²) in [6, 6.07) is 0. The molecule has 3 atom stereocenters. The summed E-state index contributed by atoms with van der Waals surface area (Å²) in [6.07, 6.45) is 9.53. The van der Waals surface area contributed by atoms with E-state index in [1.54, 1.807) is 19.9 Å². The highest BCUT2D eigenvalue weighted by molar-refractivity contribution is 5.86. The highest BCUT2D eigenvalue weighted by Crippen LogP contribution is 2.37. The molecule has 0 aromatic carbocycles. The minimum absolute atomic E-state index is 0.0251. The topological polar surface area (TPSA) is 80.7 Å². The Morgan fingerprint density at radius 3 is 2.44 bits per heavy atom. The highest BCUT2D eigenvalue weighted by Gasteiger charge is 2.43. The molecule has 1 aliphatic carbocycles. The number of aliphatic hydroxyl groups excluding tert-OH is 1. The van der Waals surface area contributed by atoms with Gasteiger partial charge in [-0.3, -0.25) is 9.59 Å². The van der Waals surface area contributed by atoms with Crippen molar-refractivity contribution in [3.8, 4) is 0 Å². The van der Waals surface area contributed by atoms with E-state index in [-0.39, 0.29) is 43.0 Å². The molecule has 1 N–H and O–H groups in total. The van der Waals surface area contributed by atoms with Crippen molar-refractivity contribution in [2.45, 2.75) is 129 Å². The predicted octanol–water partition coefficient (Wildman–Crippen LogP) is 6.36. The Morgan fingerprint density at radius 1 is 1.09 bits per heavy atom. The van der Waals surface area contributed by atoms with Crippen molar-refractivity contribution in [2.75, 3.05) is 0 Å². The van der Waals surface area contributed by atoms with Gasteiger partial charge in [0, 0.05) is 31.3 Å². The van der Waals surface area contributed by atoms with Gasteiger partial charge in [-0.1, -0.05) is 51.5 Å². The number of Topliss-reactive ketones (excluding diaryl/α,β-unsaturated/α-hetero) is 2. The third-order valence-corrected chi connectivity index (χ3v) is 6.53. The molecule has 34 heavy (non-hydrogen) atoms. The molecule has 7 heteroatoms. The van der Waals surface area contributed by atoms with E-state index in [9.17, 15) is 28.3 Å². The largest absolute Gasteiger partial charge is 0.460 e. The summed E-state index contributed by atoms with van der Waals surface area (Å²) in [7, 11) is 0. The molecule has 0 radical (unpaired) electrons. The number of ketones is 2. The summed E-state index contributed by atoms with van der Waals surface area (Å²) in [5.41, 5.74) is 0. The minimum atomic E-state index is -3.32. The van der Waals surface area contributed by atoms with Crippen LogP contribution in [-0.2, 0) is 19.1 Å². The molecule has 1 rings (SSSR count). The van der Waals surface area contributed by atoms with Crippen LogP contribution in [-0.4, -0.2) is 40.8 Å². The average Bonchev–Trinajstić information content (AvgIpc) is 3.02. The Morgan fingerprint density at radius 2 is 1.76 bits per heavy atom. The zero-order chi connectivity index (χ0) is 25.6. The predicted molar refractivity (Wildman–Crippen MR) is 129 cm³/mol. The molecular formula is C27H44F2O5. The van der Waals surface area contributed by atoms with Crippen LogP contribution in [0, 0.1) is 11.8 Å². The summed E-state index contributed by atoms with van der Waals surface area (Å²) < 4.78 is 33.3. The van der Waals surface area contributed by atoms with E-state index in [1.807, 2.05) is 6.92 Å². The van der Waals surface area contributed by atoms with Crippen LogP contribution in [0.1, 0.15) is 111 Å². The number of halogens is 2. The number of carbonyl (C=O) groups excluding carboxylic acids is 3. The van der Waals surface area contributed by atoms with E-state index in [4.69, 9.17) is 4.74 Å². The number of esters is 1. The fourth-order valence-electron chi connectivity index (χ4n) is 4.61. The lowest BCUT2D eigenvalue weighted by atomic mass is 9.85. The molecular weight excluding hydrogens is 442 g/mol. The monoisotopic (exact) mass is 486 g/mol. The standard InChI is InChI=1S/C27H44F2O5/c1-4-5-6-13-18-27(28,29)25(32)17-16-22-21(23(30)19-24(22)31)14-11-9-7-8-10-12-15-26(33)34-20(2)3/h12,15,20-22,24,31H,4-11,13-14,16-19H2,1-3H3/b15-12+. The Kier molecular flexibility index (Phi) is 14.4. The van der Waals surface area contributed by atoms with Gasteiger partial charge in [0.2, 0.25) is 5.78 Å². The SMILES string of the molecule is CCCCCCC(F)(F)C(=O)CCC1C(O)CC(=O)C1CCCCCC/C=C/C(=O)OC(C)C. The first-order valence-corrected chi connectivity index (χ1v) is 13.1. The molecule has 0 aromatic rings. The van der Waals surface area contributed by atoms with Gasteiger partial charge in [-0.05, 0) is 51.9 Å². The highest BCUT2D eigenvalue weighted by atomic mass is 19.3. The van der Waals surface area contributed by atoms with E-state index in [2.05, 4.69) is 0 Å². The number of hydrogen-bond acceptors (Lipinski definition) is 5. The van der Waals surface area contributed by atoms with Crippen molar-refractivity contribution in [3.05, 3.63) is 12.2 Å². The van der Waals surface area contributed by atoms with Gasteiger partial charge < -0.3 is 9.84 Å². The summed E-state index contributed by atoms with van der Waals surface area (Å²) in [6.45, 7) is 5.60. The van der Waals surface area contributed by atoms with Crippen LogP contribution >= 0.6 is 0 Å². The van der Waals surface area contributed by atoms with Gasteiger partial charge in [0.05, 0.1) is 12.2 Å². The van der Waals surface area contributed by atoms with Gasteiger partial charge in [-0.2, -0.15) is 8.78 Å². The third-order valence-electron chi connectivity index (χ3n) is 6.53. The number of carbonyl (C=O) groups is 3. The lowest BCUT2D eigenvalue weighted by molar-refractivity contribution is -0.144. The Hall–Kier alpha value is -1.63. The second-order valence-electron chi connectivity index (χ2n) is 9.86. The lowest BCUT2D eigenvalue weighted by Gasteiger charge is -2.22. The first kappa shape index (κ1) is 30.4. The number of aliphatic hydroxyl groups is 1. The molecule has 1 saturated carbocycles. The molecule has 0 amide bonds. The van der Waals surface area contributed by atoms with Crippen LogP contribution in [0.15, 0.2) is 12.2 Å². The molecule has 0 saturated heterocycles. The van der Waals surface area contributed by atoms with E-state index in [1.165, 1.54) is 6.08 Å². The quantitative estimate of drug-likeness (QED) is 0.139. The Labute approximate surface area is 203 Å². The second kappa shape index (κ2) is 16.1. The van der Waals surface area contributed by atoms with Crippen LogP contribution < -0.4 is 0 Å². The Bertz CT molecular complexity index is 659. The summed E-state index contributed by atoms with van der Waals surface area (Å²) in [5.74, 6) is -5.53. The number of hydrogen-bond donors (Lipinski definition) is 1. The summed E-state index contributed by atoms with van der Waals surface area (Å²) >= 11 is 0. The Balaban J connectivity index is 2.35. The molecule has 3 unspecified atom stereocenters. The van der Waals surface area contributed by atoms with E-state index < -0.39 is 30.1 Å². The molecule has 0 aliphatic heterocycles. The molecule has 0 aromatic heterocycles. The molecule has 0 heterocycles. The molecule has 0 spiro atoms. The zero-order valence-electron chi connectivity index (χ0n) is 21.2. The number of ether oxygens (including phenoxy) is 1. The smallest absolute Gasteiger partial charge is 0.330 e. The lowest BCUT2D eigenvalue weighted by Crippen LogP contribution is -2.30. The number of unbranched alkanes of at least 4 members (excludes halogenated alkanes) is 7. The number of alkyl halides is 2. The molecule has 1 fully saturated rings. The van der Waals surface area contributed by atoms with Crippen molar-refractivity contribution < 1.29 is 33.0 Å². The normalized spacial score (nSPS) is 21.0. The van der Waals surface area contributed by atoms with E-state index in [0.717, 1.165) is 44.9 Å². The van der Waals surface area contributed by atoms with Gasteiger partial charge in [0.25, 0.3) is 0 Å². The van der Waals surface area contributed by atoms with Gasteiger partial charge in [-0.15, -0.1) is 0 Å². The second-order valence-corrected chi connectivity index (χ2v) is 9.86. The maximum Gasteiger partial charge on any atom is 0.330 e. The molecule has 1 aliphatic rings. The molecule has 0 bridgehead atoms. The van der Waals surface area contributed by atoms with Crippen LogP contribution in [0.3, 0.4) is 0 Å². The van der Waals surface area contributed by atoms with Crippen LogP contribution in [0.25, 0.3) is 0 Å². The third kappa shape index (κ3) is 11.7. The molecule has 196 valence electrons. The molecule has 5 nitrogen and oxygen atoms in total. The average molecular weight is 487 g/mol. The van der Waals surface area contributed by atoms with Crippen LogP contribution in [0.4, 0.5) is 8.78 Å². The van der Waals surface area contributed by atoms with Gasteiger partial charge in [0.15, 0.2) is 0 Å². The van der Waals surface area contributed by atoms with Crippen molar-refractivity contribution in [2.24, 2.45) is 11.8 Å². The zero-order valence-corrected chi connectivity index (χ0v) is 21.2. The fourth-order valence-corrected chi connectivity index (χ4v) is 4.61. The van der Waals surface area contributed by atoms with Crippen LogP contribution in [0.2, 0.25) is 0 Å². The van der Waals surface area contributed by atoms with Crippen molar-refractivity contribution in [3.63, 3.8) is 0 Å². The fraction of sp³-hybridized carbons (Fsp3) is 0.815. The number of allylic oxidation sites excluding steroid dienone is 1. The first-order chi connectivity index (χ1) is 16.1. The van der Waals surface area contributed by atoms with Crippen molar-refractivity contribution in [1.29, 1.82) is 0 Å². The minimum Gasteiger partial charge on any atom is -0.460 e. The van der Waals surface area contributed by atoms with E-state index >= 15 is 0 Å². The number of rotatable bonds is 18. The summed E-state index contributed by atoms with van der Waals surface area (Å²) in [5, 5.41) is 10.3. The summed E-state index contributed by atoms with van der Waals surface area (Å²) in [4.78, 5) is 35.9. The van der Waals surface area contributed by atoms with Gasteiger partial charge in [-0.25, -0.2) is 4.79 Å². The maximum absolute atomic E-state index is 14.2. The van der Waals surface area contributed by atoms with Gasteiger partial charge in [0.1, 0.15) is 5.78 Å². The van der Waals surface area contributed by atoms with Crippen LogP contribution in [0.5, 0.6) is 0 Å². The van der Waals surface area contributed by atoms with Crippen molar-refractivity contribution >= 4 is 17.5 Å². The first-order valence-electron chi connectivity index (χ1n) is 13.1. The van der Waals surface area contributed by atoms with Crippen molar-refractivity contribution in [1.82, 2.24) is 0 Å². The maximum atomic E-state index is 14.2.